The number of rotatable bonds is 4. The molecule has 2 aromatic carbocycles. The molecular weight excluding hydrogens is 361 g/mol. The lowest BCUT2D eigenvalue weighted by Gasteiger charge is -2.69. The summed E-state index contributed by atoms with van der Waals surface area (Å²) in [5.74, 6) is 2.12. The standard InChI is InChI=1S/C26H32FNO/c1-4-7-21-22-12-10-18-16-19(29-3)11-13-20(18)26(22)15-14-25(21,2)17-28(26)24-9-6-5-8-23(24)27/h5-6,8-9,11,13,16,21-22H,4,7,10,12,14-15,17H2,1-3H3/t21-,22-,25+,26-/m0/s1. The van der Waals surface area contributed by atoms with Gasteiger partial charge in [0.1, 0.15) is 11.6 Å². The third-order valence-electron chi connectivity index (χ3n) is 8.32. The van der Waals surface area contributed by atoms with Crippen molar-refractivity contribution in [2.24, 2.45) is 17.3 Å². The first-order valence-corrected chi connectivity index (χ1v) is 11.2. The summed E-state index contributed by atoms with van der Waals surface area (Å²) < 4.78 is 20.6. The van der Waals surface area contributed by atoms with E-state index in [0.29, 0.717) is 11.8 Å². The number of aryl methyl sites for hydroxylation is 1. The number of benzene rings is 2. The third-order valence-corrected chi connectivity index (χ3v) is 8.32. The van der Waals surface area contributed by atoms with E-state index in [9.17, 15) is 0 Å². The molecule has 29 heavy (non-hydrogen) atoms. The second kappa shape index (κ2) is 6.75. The molecule has 2 aliphatic heterocycles. The van der Waals surface area contributed by atoms with Crippen LogP contribution in [-0.4, -0.2) is 13.7 Å². The summed E-state index contributed by atoms with van der Waals surface area (Å²) >= 11 is 0. The molecule has 2 saturated heterocycles. The van der Waals surface area contributed by atoms with Crippen molar-refractivity contribution < 1.29 is 9.13 Å². The van der Waals surface area contributed by atoms with Gasteiger partial charge in [-0.15, -0.1) is 0 Å². The van der Waals surface area contributed by atoms with E-state index in [0.717, 1.165) is 30.8 Å². The van der Waals surface area contributed by atoms with Crippen LogP contribution in [0.15, 0.2) is 42.5 Å². The van der Waals surface area contributed by atoms with Gasteiger partial charge in [0.15, 0.2) is 0 Å². The summed E-state index contributed by atoms with van der Waals surface area (Å²) in [5, 5.41) is 0. The van der Waals surface area contributed by atoms with Crippen molar-refractivity contribution in [3.8, 4) is 5.75 Å². The predicted octanol–water partition coefficient (Wildman–Crippen LogP) is 6.33. The van der Waals surface area contributed by atoms with Crippen molar-refractivity contribution in [2.45, 2.75) is 57.9 Å². The molecular formula is C26H32FNO. The molecule has 4 aliphatic rings. The maximum absolute atomic E-state index is 15.1. The normalized spacial score (nSPS) is 32.6. The fourth-order valence-corrected chi connectivity index (χ4v) is 7.09. The molecule has 0 amide bonds. The maximum Gasteiger partial charge on any atom is 0.146 e. The summed E-state index contributed by atoms with van der Waals surface area (Å²) in [6.07, 6.45) is 7.12. The number of anilines is 1. The number of nitrogens with zero attached hydrogens (tertiary/aromatic N) is 1. The van der Waals surface area contributed by atoms with Gasteiger partial charge in [-0.3, -0.25) is 0 Å². The number of para-hydroxylation sites is 1. The van der Waals surface area contributed by atoms with Crippen LogP contribution in [0.3, 0.4) is 0 Å². The molecule has 3 fully saturated rings. The van der Waals surface area contributed by atoms with Gasteiger partial charge in [-0.25, -0.2) is 4.39 Å². The summed E-state index contributed by atoms with van der Waals surface area (Å²) in [6, 6.07) is 14.0. The highest BCUT2D eigenvalue weighted by Crippen LogP contribution is 2.65. The van der Waals surface area contributed by atoms with Gasteiger partial charge in [0.05, 0.1) is 18.3 Å². The van der Waals surface area contributed by atoms with E-state index in [1.54, 1.807) is 19.2 Å². The Labute approximate surface area is 174 Å². The van der Waals surface area contributed by atoms with Gasteiger partial charge in [0, 0.05) is 6.54 Å². The second-order valence-corrected chi connectivity index (χ2v) is 9.68. The smallest absolute Gasteiger partial charge is 0.146 e. The van der Waals surface area contributed by atoms with Crippen LogP contribution < -0.4 is 9.64 Å². The Bertz CT molecular complexity index is 927. The van der Waals surface area contributed by atoms with Gasteiger partial charge >= 0.3 is 0 Å². The molecule has 0 radical (unpaired) electrons. The topological polar surface area (TPSA) is 12.5 Å². The first kappa shape index (κ1) is 19.0. The Morgan fingerprint density at radius 2 is 2.00 bits per heavy atom. The van der Waals surface area contributed by atoms with E-state index in [1.807, 2.05) is 12.1 Å². The zero-order chi connectivity index (χ0) is 20.2. The Balaban J connectivity index is 1.73. The van der Waals surface area contributed by atoms with Crippen molar-refractivity contribution in [1.29, 1.82) is 0 Å². The van der Waals surface area contributed by atoms with Gasteiger partial charge in [-0.1, -0.05) is 38.5 Å². The molecule has 3 heteroatoms. The van der Waals surface area contributed by atoms with Crippen molar-refractivity contribution in [2.75, 3.05) is 18.6 Å². The Morgan fingerprint density at radius 3 is 2.76 bits per heavy atom. The van der Waals surface area contributed by atoms with Crippen LogP contribution in [0.1, 0.15) is 57.1 Å². The second-order valence-electron chi connectivity index (χ2n) is 9.68. The summed E-state index contributed by atoms with van der Waals surface area (Å²) in [4.78, 5) is 2.47. The molecule has 1 spiro atoms. The van der Waals surface area contributed by atoms with Gasteiger partial charge in [-0.05, 0) is 84.7 Å². The van der Waals surface area contributed by atoms with E-state index < -0.39 is 0 Å². The minimum absolute atomic E-state index is 0.0931. The lowest BCUT2D eigenvalue weighted by molar-refractivity contribution is -0.0645. The monoisotopic (exact) mass is 393 g/mol. The van der Waals surface area contributed by atoms with E-state index >= 15 is 4.39 Å². The lowest BCUT2D eigenvalue weighted by atomic mass is 9.46. The van der Waals surface area contributed by atoms with Crippen LogP contribution in [0.5, 0.6) is 5.75 Å². The van der Waals surface area contributed by atoms with Gasteiger partial charge in [0.25, 0.3) is 0 Å². The van der Waals surface area contributed by atoms with Gasteiger partial charge in [0.2, 0.25) is 0 Å². The third kappa shape index (κ3) is 2.59. The van der Waals surface area contributed by atoms with E-state index in [4.69, 9.17) is 4.74 Å². The minimum Gasteiger partial charge on any atom is -0.497 e. The predicted molar refractivity (Wildman–Crippen MR) is 116 cm³/mol. The molecule has 2 heterocycles. The van der Waals surface area contributed by atoms with Gasteiger partial charge < -0.3 is 9.64 Å². The molecule has 2 aromatic rings. The van der Waals surface area contributed by atoms with Crippen LogP contribution in [0.25, 0.3) is 0 Å². The van der Waals surface area contributed by atoms with E-state index in [1.165, 1.54) is 36.8 Å². The SMILES string of the molecule is CCC[C@H]1[C@@H]2CCc3cc(OC)ccc3[C@@]23CC[C@]1(C)CN3c1ccccc1F. The van der Waals surface area contributed by atoms with Crippen molar-refractivity contribution in [1.82, 2.24) is 0 Å². The highest BCUT2D eigenvalue weighted by molar-refractivity contribution is 5.58. The Hall–Kier alpha value is -2.03. The van der Waals surface area contributed by atoms with Crippen molar-refractivity contribution in [3.63, 3.8) is 0 Å². The summed E-state index contributed by atoms with van der Waals surface area (Å²) in [6.45, 7) is 5.73. The van der Waals surface area contributed by atoms with Crippen LogP contribution >= 0.6 is 0 Å². The first-order chi connectivity index (χ1) is 14.0. The number of ether oxygens (including phenoxy) is 1. The van der Waals surface area contributed by atoms with Crippen LogP contribution in [0, 0.1) is 23.1 Å². The average Bonchev–Trinajstić information content (AvgIpc) is 2.74. The number of hydrogen-bond acceptors (Lipinski definition) is 2. The van der Waals surface area contributed by atoms with Crippen molar-refractivity contribution >= 4 is 5.69 Å². The molecule has 0 aromatic heterocycles. The molecule has 2 aliphatic carbocycles. The van der Waals surface area contributed by atoms with Crippen molar-refractivity contribution in [3.05, 3.63) is 59.4 Å². The number of hydrogen-bond donors (Lipinski definition) is 0. The van der Waals surface area contributed by atoms with Crippen LogP contribution in [0.2, 0.25) is 0 Å². The average molecular weight is 394 g/mol. The van der Waals surface area contributed by atoms with Gasteiger partial charge in [-0.2, -0.15) is 0 Å². The zero-order valence-corrected chi connectivity index (χ0v) is 17.9. The lowest BCUT2D eigenvalue weighted by Crippen LogP contribution is -2.69. The van der Waals surface area contributed by atoms with Crippen LogP contribution in [0.4, 0.5) is 10.1 Å². The molecule has 2 nitrogen and oxygen atoms in total. The number of fused-ring (bicyclic) bond motifs is 3. The first-order valence-electron chi connectivity index (χ1n) is 11.2. The Kier molecular flexibility index (Phi) is 4.42. The maximum atomic E-state index is 15.1. The molecule has 4 atom stereocenters. The highest BCUT2D eigenvalue weighted by atomic mass is 19.1. The Morgan fingerprint density at radius 1 is 1.17 bits per heavy atom. The molecule has 154 valence electrons. The molecule has 2 bridgehead atoms. The fraction of sp³-hybridized carbons (Fsp3) is 0.538. The highest BCUT2D eigenvalue weighted by Gasteiger charge is 2.63. The number of piperidine rings is 2. The van der Waals surface area contributed by atoms with E-state index in [2.05, 4.69) is 36.9 Å². The minimum atomic E-state index is -0.0976. The molecule has 6 rings (SSSR count). The zero-order valence-electron chi connectivity index (χ0n) is 17.9. The fourth-order valence-electron chi connectivity index (χ4n) is 7.09. The molecule has 0 unspecified atom stereocenters. The van der Waals surface area contributed by atoms with Crippen LogP contribution in [-0.2, 0) is 12.0 Å². The summed E-state index contributed by atoms with van der Waals surface area (Å²) in [5.41, 5.74) is 3.75. The summed E-state index contributed by atoms with van der Waals surface area (Å²) in [7, 11) is 1.74. The number of halogens is 1. The number of methoxy groups -OCH3 is 1. The molecule has 0 N–H and O–H groups in total. The quantitative estimate of drug-likeness (QED) is 0.602. The largest absolute Gasteiger partial charge is 0.497 e. The molecule has 1 saturated carbocycles. The van der Waals surface area contributed by atoms with E-state index in [-0.39, 0.29) is 16.8 Å².